The molecule has 8 heteroatoms. The number of rotatable bonds is 4. The number of imide groups is 1. The molecule has 3 aromatic heterocycles. The highest BCUT2D eigenvalue weighted by Gasteiger charge is 2.50. The Balaban J connectivity index is 1.61. The number of oxazole rings is 1. The highest BCUT2D eigenvalue weighted by molar-refractivity contribution is 7.13. The van der Waals surface area contributed by atoms with Gasteiger partial charge in [-0.05, 0) is 37.4 Å². The normalized spacial score (nSPS) is 19.8. The van der Waals surface area contributed by atoms with Crippen molar-refractivity contribution in [2.45, 2.75) is 25.9 Å². The number of pyridine rings is 1. The Morgan fingerprint density at radius 3 is 2.81 bits per heavy atom. The van der Waals surface area contributed by atoms with Gasteiger partial charge in [-0.3, -0.25) is 14.7 Å². The SMILES string of the molecule is Cc1oc(-c2cccs2)nc1CN1C(=O)NC(C)(c2ccccn2)C1=O. The predicted molar refractivity (Wildman–Crippen MR) is 95.2 cm³/mol. The number of urea groups is 1. The maximum atomic E-state index is 12.9. The number of thiophene rings is 1. The van der Waals surface area contributed by atoms with Gasteiger partial charge in [-0.25, -0.2) is 9.78 Å². The molecular weight excluding hydrogens is 352 g/mol. The molecule has 4 rings (SSSR count). The van der Waals surface area contributed by atoms with Crippen LogP contribution in [-0.2, 0) is 16.9 Å². The number of nitrogens with one attached hydrogen (secondary N) is 1. The lowest BCUT2D eigenvalue weighted by Gasteiger charge is -2.20. The molecule has 26 heavy (non-hydrogen) atoms. The lowest BCUT2D eigenvalue weighted by molar-refractivity contribution is -0.131. The fourth-order valence-corrected chi connectivity index (χ4v) is 3.55. The van der Waals surface area contributed by atoms with Crippen molar-refractivity contribution in [2.24, 2.45) is 0 Å². The third-order valence-corrected chi connectivity index (χ3v) is 5.24. The van der Waals surface area contributed by atoms with Crippen molar-refractivity contribution in [1.82, 2.24) is 20.2 Å². The van der Waals surface area contributed by atoms with E-state index in [9.17, 15) is 9.59 Å². The van der Waals surface area contributed by atoms with Gasteiger partial charge >= 0.3 is 6.03 Å². The van der Waals surface area contributed by atoms with Crippen LogP contribution in [0.1, 0.15) is 24.1 Å². The number of amides is 3. The van der Waals surface area contributed by atoms with E-state index < -0.39 is 11.6 Å². The van der Waals surface area contributed by atoms with Gasteiger partial charge in [-0.1, -0.05) is 12.1 Å². The smallest absolute Gasteiger partial charge is 0.325 e. The molecule has 0 aromatic carbocycles. The van der Waals surface area contributed by atoms with Crippen LogP contribution in [0.5, 0.6) is 0 Å². The second-order valence-electron chi connectivity index (χ2n) is 6.16. The van der Waals surface area contributed by atoms with Gasteiger partial charge < -0.3 is 9.73 Å². The Bertz CT molecular complexity index is 968. The van der Waals surface area contributed by atoms with Gasteiger partial charge in [0.05, 0.1) is 17.1 Å². The van der Waals surface area contributed by atoms with E-state index in [-0.39, 0.29) is 12.5 Å². The summed E-state index contributed by atoms with van der Waals surface area (Å²) in [4.78, 5) is 36.1. The van der Waals surface area contributed by atoms with E-state index in [1.807, 2.05) is 17.5 Å². The molecule has 3 amide bonds. The average Bonchev–Trinajstić information content (AvgIpc) is 3.33. The Morgan fingerprint density at radius 2 is 2.12 bits per heavy atom. The summed E-state index contributed by atoms with van der Waals surface area (Å²) in [5.74, 6) is 0.716. The molecule has 0 aliphatic carbocycles. The Kier molecular flexibility index (Phi) is 3.84. The number of aryl methyl sites for hydroxylation is 1. The summed E-state index contributed by atoms with van der Waals surface area (Å²) in [7, 11) is 0. The maximum absolute atomic E-state index is 12.9. The molecule has 1 N–H and O–H groups in total. The molecule has 1 fully saturated rings. The number of carbonyl (C=O) groups is 2. The molecule has 132 valence electrons. The van der Waals surface area contributed by atoms with Crippen molar-refractivity contribution in [3.8, 4) is 10.8 Å². The van der Waals surface area contributed by atoms with Gasteiger partial charge in [0.15, 0.2) is 5.54 Å². The zero-order valence-electron chi connectivity index (χ0n) is 14.2. The summed E-state index contributed by atoms with van der Waals surface area (Å²) in [5.41, 5.74) is -0.133. The van der Waals surface area contributed by atoms with Crippen molar-refractivity contribution < 1.29 is 14.0 Å². The standard InChI is InChI=1S/C18H16N4O3S/c1-11-12(20-15(25-11)13-6-5-9-26-13)10-22-16(23)18(2,21-17(22)24)14-7-3-4-8-19-14/h3-9H,10H2,1-2H3,(H,21,24). The lowest BCUT2D eigenvalue weighted by Crippen LogP contribution is -2.41. The first-order valence-electron chi connectivity index (χ1n) is 8.05. The van der Waals surface area contributed by atoms with E-state index in [0.29, 0.717) is 23.0 Å². The van der Waals surface area contributed by atoms with Gasteiger partial charge in [-0.2, -0.15) is 0 Å². The van der Waals surface area contributed by atoms with E-state index >= 15 is 0 Å². The largest absolute Gasteiger partial charge is 0.440 e. The Morgan fingerprint density at radius 1 is 1.27 bits per heavy atom. The van der Waals surface area contributed by atoms with Crippen LogP contribution in [0.15, 0.2) is 46.3 Å². The Labute approximate surface area is 153 Å². The van der Waals surface area contributed by atoms with E-state index in [2.05, 4.69) is 15.3 Å². The van der Waals surface area contributed by atoms with Crippen LogP contribution in [0.25, 0.3) is 10.8 Å². The third kappa shape index (κ3) is 2.59. The predicted octanol–water partition coefficient (Wildman–Crippen LogP) is 3.07. The molecule has 1 atom stereocenters. The molecule has 1 aliphatic heterocycles. The second-order valence-corrected chi connectivity index (χ2v) is 7.11. The van der Waals surface area contributed by atoms with Crippen LogP contribution < -0.4 is 5.32 Å². The maximum Gasteiger partial charge on any atom is 0.325 e. The zero-order chi connectivity index (χ0) is 18.3. The summed E-state index contributed by atoms with van der Waals surface area (Å²) >= 11 is 1.51. The van der Waals surface area contributed by atoms with Crippen molar-refractivity contribution >= 4 is 23.3 Å². The number of carbonyl (C=O) groups excluding carboxylic acids is 2. The molecule has 0 saturated carbocycles. The summed E-state index contributed by atoms with van der Waals surface area (Å²) in [6.07, 6.45) is 1.60. The molecule has 1 unspecified atom stereocenters. The highest BCUT2D eigenvalue weighted by atomic mass is 32.1. The fraction of sp³-hybridized carbons (Fsp3) is 0.222. The van der Waals surface area contributed by atoms with Crippen molar-refractivity contribution in [1.29, 1.82) is 0 Å². The first-order chi connectivity index (χ1) is 12.5. The number of nitrogens with zero attached hydrogens (tertiary/aromatic N) is 3. The van der Waals surface area contributed by atoms with E-state index in [0.717, 1.165) is 9.78 Å². The van der Waals surface area contributed by atoms with Crippen LogP contribution in [0, 0.1) is 6.92 Å². The molecule has 0 radical (unpaired) electrons. The van der Waals surface area contributed by atoms with Crippen LogP contribution in [0.2, 0.25) is 0 Å². The number of hydrogen-bond donors (Lipinski definition) is 1. The van der Waals surface area contributed by atoms with Gasteiger partial charge in [0, 0.05) is 6.20 Å². The van der Waals surface area contributed by atoms with Crippen LogP contribution in [-0.4, -0.2) is 26.8 Å². The molecule has 4 heterocycles. The summed E-state index contributed by atoms with van der Waals surface area (Å²) in [6.45, 7) is 3.48. The minimum atomic E-state index is -1.19. The number of hydrogen-bond acceptors (Lipinski definition) is 6. The average molecular weight is 368 g/mol. The molecular formula is C18H16N4O3S. The Hall–Kier alpha value is -3.00. The summed E-state index contributed by atoms with van der Waals surface area (Å²) < 4.78 is 5.69. The van der Waals surface area contributed by atoms with Crippen molar-refractivity contribution in [3.05, 3.63) is 59.1 Å². The van der Waals surface area contributed by atoms with Crippen LogP contribution in [0.3, 0.4) is 0 Å². The molecule has 1 saturated heterocycles. The molecule has 0 bridgehead atoms. The first kappa shape index (κ1) is 16.5. The molecule has 3 aromatic rings. The molecule has 0 spiro atoms. The minimum absolute atomic E-state index is 0.0494. The second kappa shape index (κ2) is 6.06. The van der Waals surface area contributed by atoms with Gasteiger partial charge in [-0.15, -0.1) is 11.3 Å². The lowest BCUT2D eigenvalue weighted by atomic mass is 9.97. The molecule has 7 nitrogen and oxygen atoms in total. The van der Waals surface area contributed by atoms with Gasteiger partial charge in [0.25, 0.3) is 5.91 Å². The number of aromatic nitrogens is 2. The fourth-order valence-electron chi connectivity index (χ4n) is 2.90. The quantitative estimate of drug-likeness (QED) is 0.715. The van der Waals surface area contributed by atoms with Gasteiger partial charge in [0.2, 0.25) is 5.89 Å². The van der Waals surface area contributed by atoms with E-state index in [1.54, 1.807) is 38.2 Å². The van der Waals surface area contributed by atoms with Crippen molar-refractivity contribution in [3.63, 3.8) is 0 Å². The summed E-state index contributed by atoms with van der Waals surface area (Å²) in [6, 6.07) is 8.61. The van der Waals surface area contributed by atoms with E-state index in [1.165, 1.54) is 11.3 Å². The van der Waals surface area contributed by atoms with Crippen LogP contribution in [0.4, 0.5) is 4.79 Å². The van der Waals surface area contributed by atoms with E-state index in [4.69, 9.17) is 4.42 Å². The topological polar surface area (TPSA) is 88.3 Å². The zero-order valence-corrected chi connectivity index (χ0v) is 15.0. The van der Waals surface area contributed by atoms with Gasteiger partial charge in [0.1, 0.15) is 11.5 Å². The monoisotopic (exact) mass is 368 g/mol. The van der Waals surface area contributed by atoms with Crippen LogP contribution >= 0.6 is 11.3 Å². The third-order valence-electron chi connectivity index (χ3n) is 4.38. The highest BCUT2D eigenvalue weighted by Crippen LogP contribution is 2.30. The van der Waals surface area contributed by atoms with Crippen molar-refractivity contribution in [2.75, 3.05) is 0 Å². The molecule has 1 aliphatic rings. The first-order valence-corrected chi connectivity index (χ1v) is 8.93. The summed E-state index contributed by atoms with van der Waals surface area (Å²) in [5, 5.41) is 4.67. The minimum Gasteiger partial charge on any atom is -0.440 e.